The Morgan fingerprint density at radius 3 is 2.48 bits per heavy atom. The van der Waals surface area contributed by atoms with Gasteiger partial charge in [0, 0.05) is 25.3 Å². The Labute approximate surface area is 147 Å². The predicted octanol–water partition coefficient (Wildman–Crippen LogP) is 2.57. The van der Waals surface area contributed by atoms with E-state index in [1.165, 1.54) is 0 Å². The zero-order chi connectivity index (χ0) is 17.6. The summed E-state index contributed by atoms with van der Waals surface area (Å²) in [4.78, 5) is 28.1. The van der Waals surface area contributed by atoms with Crippen LogP contribution in [0.1, 0.15) is 6.92 Å². The maximum absolute atomic E-state index is 12.7. The van der Waals surface area contributed by atoms with Gasteiger partial charge in [0.1, 0.15) is 13.2 Å². The Bertz CT molecular complexity index is 746. The van der Waals surface area contributed by atoms with E-state index in [2.05, 4.69) is 0 Å². The molecule has 0 saturated carbocycles. The van der Waals surface area contributed by atoms with Gasteiger partial charge in [0.25, 0.3) is 0 Å². The highest BCUT2D eigenvalue weighted by molar-refractivity contribution is 6.01. The zero-order valence-electron chi connectivity index (χ0n) is 14.4. The summed E-state index contributed by atoms with van der Waals surface area (Å²) in [7, 11) is 0. The molecule has 5 nitrogen and oxygen atoms in total. The van der Waals surface area contributed by atoms with Crippen molar-refractivity contribution in [3.63, 3.8) is 0 Å². The lowest BCUT2D eigenvalue weighted by Crippen LogP contribution is -2.53. The first-order valence-corrected chi connectivity index (χ1v) is 8.51. The number of piperazine rings is 1. The van der Waals surface area contributed by atoms with E-state index in [-0.39, 0.29) is 25.0 Å². The summed E-state index contributed by atoms with van der Waals surface area (Å²) in [5, 5.41) is 0. The molecule has 0 atom stereocenters. The van der Waals surface area contributed by atoms with Crippen LogP contribution < -0.4 is 4.90 Å². The average molecular weight is 338 g/mol. The van der Waals surface area contributed by atoms with Gasteiger partial charge in [0.2, 0.25) is 11.8 Å². The van der Waals surface area contributed by atoms with Gasteiger partial charge in [-0.1, -0.05) is 48.5 Å². The van der Waals surface area contributed by atoms with Crippen molar-refractivity contribution >= 4 is 17.5 Å². The van der Waals surface area contributed by atoms with Gasteiger partial charge in [0.05, 0.1) is 5.69 Å². The summed E-state index contributed by atoms with van der Waals surface area (Å²) in [5.74, 6) is -0.203. The quantitative estimate of drug-likeness (QED) is 0.842. The Hall–Kier alpha value is -2.66. The Kier molecular flexibility index (Phi) is 5.46. The third-order valence-corrected chi connectivity index (χ3v) is 4.28. The van der Waals surface area contributed by atoms with Crippen molar-refractivity contribution in [1.82, 2.24) is 4.90 Å². The van der Waals surface area contributed by atoms with E-state index in [1.54, 1.807) is 9.80 Å². The Morgan fingerprint density at radius 2 is 1.76 bits per heavy atom. The highest BCUT2D eigenvalue weighted by atomic mass is 16.5. The molecule has 0 spiro atoms. The number of hydrogen-bond donors (Lipinski definition) is 0. The molecule has 0 aliphatic carbocycles. The molecule has 1 aliphatic heterocycles. The number of amides is 2. The standard InChI is InChI=1S/C20H22N2O3/c1-2-25-15-20(24)21-12-13-22(19(23)14-21)18-11-7-6-10-17(18)16-8-4-3-5-9-16/h3-11H,2,12-15H2,1H3. The SMILES string of the molecule is CCOCC(=O)N1CCN(c2ccccc2-c2ccccc2)C(=O)C1. The topological polar surface area (TPSA) is 49.9 Å². The van der Waals surface area contributed by atoms with Crippen LogP contribution in [0.3, 0.4) is 0 Å². The monoisotopic (exact) mass is 338 g/mol. The minimum Gasteiger partial charge on any atom is -0.372 e. The lowest BCUT2D eigenvalue weighted by atomic mass is 10.0. The van der Waals surface area contributed by atoms with E-state index in [9.17, 15) is 9.59 Å². The molecule has 3 rings (SSSR count). The van der Waals surface area contributed by atoms with Crippen molar-refractivity contribution in [3.8, 4) is 11.1 Å². The molecule has 2 aromatic carbocycles. The molecule has 0 bridgehead atoms. The van der Waals surface area contributed by atoms with Gasteiger partial charge in [-0.3, -0.25) is 9.59 Å². The van der Waals surface area contributed by atoms with E-state index in [0.717, 1.165) is 16.8 Å². The smallest absolute Gasteiger partial charge is 0.249 e. The Balaban J connectivity index is 1.78. The minimum absolute atomic E-state index is 0.0321. The van der Waals surface area contributed by atoms with Crippen molar-refractivity contribution in [2.75, 3.05) is 37.7 Å². The Morgan fingerprint density at radius 1 is 1.04 bits per heavy atom. The minimum atomic E-state index is -0.133. The first-order chi connectivity index (χ1) is 12.2. The molecule has 1 aliphatic rings. The summed E-state index contributed by atoms with van der Waals surface area (Å²) in [5.41, 5.74) is 2.97. The van der Waals surface area contributed by atoms with Crippen LogP contribution in [0.25, 0.3) is 11.1 Å². The third kappa shape index (κ3) is 3.88. The van der Waals surface area contributed by atoms with Crippen LogP contribution in [0.2, 0.25) is 0 Å². The molecule has 25 heavy (non-hydrogen) atoms. The van der Waals surface area contributed by atoms with Crippen LogP contribution >= 0.6 is 0 Å². The molecule has 0 radical (unpaired) electrons. The molecule has 1 fully saturated rings. The van der Waals surface area contributed by atoms with Crippen molar-refractivity contribution in [3.05, 3.63) is 54.6 Å². The maximum atomic E-state index is 12.7. The predicted molar refractivity (Wildman–Crippen MR) is 97.3 cm³/mol. The van der Waals surface area contributed by atoms with Crippen LogP contribution in [0.5, 0.6) is 0 Å². The molecule has 0 unspecified atom stereocenters. The molecular formula is C20H22N2O3. The molecule has 2 amide bonds. The highest BCUT2D eigenvalue weighted by Gasteiger charge is 2.29. The second kappa shape index (κ2) is 7.94. The fourth-order valence-electron chi connectivity index (χ4n) is 2.99. The second-order valence-corrected chi connectivity index (χ2v) is 5.88. The molecule has 1 heterocycles. The summed E-state index contributed by atoms with van der Waals surface area (Å²) in [6.45, 7) is 3.46. The molecular weight excluding hydrogens is 316 g/mol. The number of para-hydroxylation sites is 1. The number of rotatable bonds is 5. The lowest BCUT2D eigenvalue weighted by Gasteiger charge is -2.35. The largest absolute Gasteiger partial charge is 0.372 e. The van der Waals surface area contributed by atoms with Crippen LogP contribution in [0, 0.1) is 0 Å². The number of carbonyl (C=O) groups is 2. The van der Waals surface area contributed by atoms with Crippen molar-refractivity contribution in [2.45, 2.75) is 6.92 Å². The molecule has 0 aromatic heterocycles. The summed E-state index contributed by atoms with van der Waals surface area (Å²) < 4.78 is 5.16. The zero-order valence-corrected chi connectivity index (χ0v) is 14.4. The van der Waals surface area contributed by atoms with E-state index < -0.39 is 0 Å². The van der Waals surface area contributed by atoms with Gasteiger partial charge < -0.3 is 14.5 Å². The summed E-state index contributed by atoms with van der Waals surface area (Å²) in [6.07, 6.45) is 0. The normalized spacial score (nSPS) is 14.7. The van der Waals surface area contributed by atoms with Crippen molar-refractivity contribution in [1.29, 1.82) is 0 Å². The average Bonchev–Trinajstić information content (AvgIpc) is 2.66. The van der Waals surface area contributed by atoms with Crippen molar-refractivity contribution < 1.29 is 14.3 Å². The van der Waals surface area contributed by atoms with Crippen molar-refractivity contribution in [2.24, 2.45) is 0 Å². The van der Waals surface area contributed by atoms with Crippen LogP contribution in [0.4, 0.5) is 5.69 Å². The van der Waals surface area contributed by atoms with E-state index in [4.69, 9.17) is 4.74 Å². The molecule has 2 aromatic rings. The van der Waals surface area contributed by atoms with Crippen LogP contribution in [-0.4, -0.2) is 49.6 Å². The molecule has 0 N–H and O–H groups in total. The van der Waals surface area contributed by atoms with Gasteiger partial charge in [-0.15, -0.1) is 0 Å². The number of carbonyl (C=O) groups excluding carboxylic acids is 2. The molecule has 130 valence electrons. The van der Waals surface area contributed by atoms with Crippen LogP contribution in [0.15, 0.2) is 54.6 Å². The first-order valence-electron chi connectivity index (χ1n) is 8.51. The molecule has 1 saturated heterocycles. The van der Waals surface area contributed by atoms with E-state index in [0.29, 0.717) is 19.7 Å². The fraction of sp³-hybridized carbons (Fsp3) is 0.300. The van der Waals surface area contributed by atoms with Gasteiger partial charge in [-0.25, -0.2) is 0 Å². The fourth-order valence-corrected chi connectivity index (χ4v) is 2.99. The number of nitrogens with zero attached hydrogens (tertiary/aromatic N) is 2. The van der Waals surface area contributed by atoms with Crippen LogP contribution in [-0.2, 0) is 14.3 Å². The van der Waals surface area contributed by atoms with E-state index >= 15 is 0 Å². The van der Waals surface area contributed by atoms with Gasteiger partial charge >= 0.3 is 0 Å². The second-order valence-electron chi connectivity index (χ2n) is 5.88. The first kappa shape index (κ1) is 17.2. The summed E-state index contributed by atoms with van der Waals surface area (Å²) in [6, 6.07) is 17.9. The van der Waals surface area contributed by atoms with Gasteiger partial charge in [0.15, 0.2) is 0 Å². The highest BCUT2D eigenvalue weighted by Crippen LogP contribution is 2.31. The number of anilines is 1. The van der Waals surface area contributed by atoms with Gasteiger partial charge in [-0.2, -0.15) is 0 Å². The summed E-state index contributed by atoms with van der Waals surface area (Å²) >= 11 is 0. The third-order valence-electron chi connectivity index (χ3n) is 4.28. The maximum Gasteiger partial charge on any atom is 0.249 e. The van der Waals surface area contributed by atoms with Gasteiger partial charge in [-0.05, 0) is 18.6 Å². The van der Waals surface area contributed by atoms with E-state index in [1.807, 2.05) is 61.5 Å². The number of hydrogen-bond acceptors (Lipinski definition) is 3. The number of benzene rings is 2. The number of ether oxygens (including phenoxy) is 1. The molecule has 5 heteroatoms. The lowest BCUT2D eigenvalue weighted by molar-refractivity contribution is -0.140.